The van der Waals surface area contributed by atoms with Crippen LogP contribution in [0, 0.1) is 5.41 Å². The fourth-order valence-corrected chi connectivity index (χ4v) is 2.09. The highest BCUT2D eigenvalue weighted by Gasteiger charge is 2.31. The van der Waals surface area contributed by atoms with Crippen LogP contribution >= 0.6 is 0 Å². The molecule has 2 rings (SSSR count). The molecular weight excluding hydrogens is 256 g/mol. The van der Waals surface area contributed by atoms with Gasteiger partial charge in [0.15, 0.2) is 6.10 Å². The molecule has 1 heterocycles. The third-order valence-electron chi connectivity index (χ3n) is 3.06. The van der Waals surface area contributed by atoms with Gasteiger partial charge in [-0.15, -0.1) is 0 Å². The lowest BCUT2D eigenvalue weighted by Gasteiger charge is -2.26. The monoisotopic (exact) mass is 276 g/mol. The predicted molar refractivity (Wildman–Crippen MR) is 74.0 cm³/mol. The number of hydrogen-bond acceptors (Lipinski definition) is 5. The maximum atomic E-state index is 10.2. The zero-order valence-electron chi connectivity index (χ0n) is 12.2. The Labute approximate surface area is 118 Å². The SMILES string of the molecule is COC(c1noc(C(O)c2ccccc2)n1)C(C)(C)C. The van der Waals surface area contributed by atoms with Crippen molar-refractivity contribution in [2.45, 2.75) is 33.0 Å². The zero-order chi connectivity index (χ0) is 14.8. The first-order valence-electron chi connectivity index (χ1n) is 6.53. The second-order valence-electron chi connectivity index (χ2n) is 5.79. The average molecular weight is 276 g/mol. The minimum atomic E-state index is -0.921. The minimum Gasteiger partial charge on any atom is -0.378 e. The molecule has 5 nitrogen and oxygen atoms in total. The summed E-state index contributed by atoms with van der Waals surface area (Å²) in [5.74, 6) is 0.627. The van der Waals surface area contributed by atoms with E-state index in [0.717, 1.165) is 0 Å². The maximum Gasteiger partial charge on any atom is 0.260 e. The van der Waals surface area contributed by atoms with Gasteiger partial charge < -0.3 is 14.4 Å². The number of nitrogens with zero attached hydrogens (tertiary/aromatic N) is 2. The summed E-state index contributed by atoms with van der Waals surface area (Å²) >= 11 is 0. The molecule has 0 amide bonds. The molecule has 0 saturated heterocycles. The van der Waals surface area contributed by atoms with Crippen LogP contribution in [0.15, 0.2) is 34.9 Å². The van der Waals surface area contributed by atoms with Crippen molar-refractivity contribution in [2.24, 2.45) is 5.41 Å². The predicted octanol–water partition coefficient (Wildman–Crippen LogP) is 2.88. The van der Waals surface area contributed by atoms with Crippen molar-refractivity contribution < 1.29 is 14.4 Å². The van der Waals surface area contributed by atoms with E-state index < -0.39 is 6.10 Å². The van der Waals surface area contributed by atoms with Crippen molar-refractivity contribution in [3.63, 3.8) is 0 Å². The summed E-state index contributed by atoms with van der Waals surface area (Å²) in [6, 6.07) is 9.21. The fourth-order valence-electron chi connectivity index (χ4n) is 2.09. The molecule has 1 aromatic heterocycles. The molecule has 2 aromatic rings. The van der Waals surface area contributed by atoms with Gasteiger partial charge in [-0.05, 0) is 11.0 Å². The smallest absolute Gasteiger partial charge is 0.260 e. The molecule has 0 aliphatic rings. The van der Waals surface area contributed by atoms with Crippen molar-refractivity contribution >= 4 is 0 Å². The molecule has 1 N–H and O–H groups in total. The minimum absolute atomic E-state index is 0.159. The molecule has 0 aliphatic carbocycles. The summed E-state index contributed by atoms with van der Waals surface area (Å²) in [7, 11) is 1.61. The van der Waals surface area contributed by atoms with Crippen LogP contribution in [0.3, 0.4) is 0 Å². The number of aliphatic hydroxyl groups is 1. The zero-order valence-corrected chi connectivity index (χ0v) is 12.2. The van der Waals surface area contributed by atoms with Gasteiger partial charge in [0.1, 0.15) is 6.10 Å². The quantitative estimate of drug-likeness (QED) is 0.930. The Kier molecular flexibility index (Phi) is 4.20. The summed E-state index contributed by atoms with van der Waals surface area (Å²) in [5, 5.41) is 14.2. The van der Waals surface area contributed by atoms with Crippen LogP contribution in [-0.4, -0.2) is 22.4 Å². The number of aromatic nitrogens is 2. The maximum absolute atomic E-state index is 10.2. The Bertz CT molecular complexity index is 546. The highest BCUT2D eigenvalue weighted by atomic mass is 16.5. The largest absolute Gasteiger partial charge is 0.378 e. The van der Waals surface area contributed by atoms with E-state index in [9.17, 15) is 5.11 Å². The van der Waals surface area contributed by atoms with E-state index in [-0.39, 0.29) is 17.4 Å². The van der Waals surface area contributed by atoms with E-state index in [1.807, 2.05) is 51.1 Å². The van der Waals surface area contributed by atoms with Crippen molar-refractivity contribution in [2.75, 3.05) is 7.11 Å². The lowest BCUT2D eigenvalue weighted by atomic mass is 9.88. The van der Waals surface area contributed by atoms with E-state index in [1.165, 1.54) is 0 Å². The fraction of sp³-hybridized carbons (Fsp3) is 0.467. The summed E-state index contributed by atoms with van der Waals surface area (Å²) in [6.45, 7) is 6.10. The molecule has 1 aromatic carbocycles. The third-order valence-corrected chi connectivity index (χ3v) is 3.06. The first-order chi connectivity index (χ1) is 9.43. The number of ether oxygens (including phenoxy) is 1. The first kappa shape index (κ1) is 14.7. The summed E-state index contributed by atoms with van der Waals surface area (Å²) in [4.78, 5) is 4.27. The topological polar surface area (TPSA) is 68.4 Å². The van der Waals surface area contributed by atoms with E-state index in [4.69, 9.17) is 9.26 Å². The lowest BCUT2D eigenvalue weighted by Crippen LogP contribution is -2.21. The Balaban J connectivity index is 2.25. The summed E-state index contributed by atoms with van der Waals surface area (Å²) in [6.07, 6.45) is -1.21. The Hall–Kier alpha value is -1.72. The second kappa shape index (κ2) is 5.73. The summed E-state index contributed by atoms with van der Waals surface area (Å²) in [5.41, 5.74) is 0.556. The van der Waals surface area contributed by atoms with Gasteiger partial charge in [0.2, 0.25) is 5.82 Å². The number of hydrogen-bond donors (Lipinski definition) is 1. The molecule has 0 radical (unpaired) electrons. The van der Waals surface area contributed by atoms with Crippen molar-refractivity contribution in [3.05, 3.63) is 47.6 Å². The average Bonchev–Trinajstić information content (AvgIpc) is 2.87. The number of aliphatic hydroxyl groups excluding tert-OH is 1. The molecule has 2 unspecified atom stereocenters. The van der Waals surface area contributed by atoms with E-state index in [0.29, 0.717) is 11.4 Å². The van der Waals surface area contributed by atoms with Crippen LogP contribution in [0.5, 0.6) is 0 Å². The van der Waals surface area contributed by atoms with Crippen LogP contribution < -0.4 is 0 Å². The van der Waals surface area contributed by atoms with E-state index >= 15 is 0 Å². The molecule has 5 heteroatoms. The summed E-state index contributed by atoms with van der Waals surface area (Å²) < 4.78 is 10.6. The van der Waals surface area contributed by atoms with Gasteiger partial charge in [-0.2, -0.15) is 4.98 Å². The number of methoxy groups -OCH3 is 1. The van der Waals surface area contributed by atoms with E-state index in [1.54, 1.807) is 7.11 Å². The highest BCUT2D eigenvalue weighted by molar-refractivity contribution is 5.21. The van der Waals surface area contributed by atoms with Crippen molar-refractivity contribution in [3.8, 4) is 0 Å². The van der Waals surface area contributed by atoms with Crippen LogP contribution in [0.2, 0.25) is 0 Å². The van der Waals surface area contributed by atoms with E-state index in [2.05, 4.69) is 10.1 Å². The van der Waals surface area contributed by atoms with Crippen LogP contribution in [-0.2, 0) is 4.74 Å². The number of benzene rings is 1. The molecule has 0 saturated carbocycles. The normalized spacial score (nSPS) is 15.1. The molecule has 0 aliphatic heterocycles. The number of rotatable bonds is 4. The second-order valence-corrected chi connectivity index (χ2v) is 5.79. The van der Waals surface area contributed by atoms with Crippen molar-refractivity contribution in [1.29, 1.82) is 0 Å². The Morgan fingerprint density at radius 1 is 1.20 bits per heavy atom. The van der Waals surface area contributed by atoms with Gasteiger partial charge in [-0.3, -0.25) is 0 Å². The van der Waals surface area contributed by atoms with Crippen LogP contribution in [0.1, 0.15) is 50.3 Å². The molecule has 108 valence electrons. The Morgan fingerprint density at radius 2 is 1.85 bits per heavy atom. The van der Waals surface area contributed by atoms with Gasteiger partial charge in [-0.1, -0.05) is 56.3 Å². The van der Waals surface area contributed by atoms with Gasteiger partial charge >= 0.3 is 0 Å². The molecule has 0 fully saturated rings. The molecule has 0 spiro atoms. The highest BCUT2D eigenvalue weighted by Crippen LogP contribution is 2.34. The van der Waals surface area contributed by atoms with Gasteiger partial charge in [-0.25, -0.2) is 0 Å². The molecule has 2 atom stereocenters. The van der Waals surface area contributed by atoms with Crippen LogP contribution in [0.4, 0.5) is 0 Å². The first-order valence-corrected chi connectivity index (χ1v) is 6.53. The lowest BCUT2D eigenvalue weighted by molar-refractivity contribution is 0.00718. The van der Waals surface area contributed by atoms with Crippen LogP contribution in [0.25, 0.3) is 0 Å². The standard InChI is InChI=1S/C15H20N2O3/c1-15(2,3)12(19-4)13-16-14(20-17-13)11(18)10-8-6-5-7-9-10/h5-9,11-12,18H,1-4H3. The third kappa shape index (κ3) is 3.05. The Morgan fingerprint density at radius 3 is 2.40 bits per heavy atom. The van der Waals surface area contributed by atoms with Gasteiger partial charge in [0.05, 0.1) is 0 Å². The molecule has 0 bridgehead atoms. The molecule has 20 heavy (non-hydrogen) atoms. The molecular formula is C15H20N2O3. The van der Waals surface area contributed by atoms with Crippen molar-refractivity contribution in [1.82, 2.24) is 10.1 Å². The van der Waals surface area contributed by atoms with Gasteiger partial charge in [0, 0.05) is 7.11 Å². The van der Waals surface area contributed by atoms with Gasteiger partial charge in [0.25, 0.3) is 5.89 Å².